The maximum absolute atomic E-state index is 6.47. The largest absolute Gasteiger partial charge is 0.302 e. The van der Waals surface area contributed by atoms with E-state index < -0.39 is 0 Å². The summed E-state index contributed by atoms with van der Waals surface area (Å²) in [7, 11) is 0. The maximum Gasteiger partial charge on any atom is 0.0653 e. The number of nitrogens with one attached hydrogen (secondary N) is 1. The zero-order valence-electron chi connectivity index (χ0n) is 5.15. The second-order valence-electron chi connectivity index (χ2n) is 0.931. The molecule has 0 bridgehead atoms. The molecule has 0 atom stereocenters. The Morgan fingerprint density at radius 2 is 2.00 bits per heavy atom. The lowest BCUT2D eigenvalue weighted by Gasteiger charge is -1.94. The van der Waals surface area contributed by atoms with Crippen LogP contribution in [0.4, 0.5) is 0 Å². The Morgan fingerprint density at radius 3 is 2.12 bits per heavy atom. The van der Waals surface area contributed by atoms with Gasteiger partial charge in [0.25, 0.3) is 0 Å². The fourth-order valence-electron chi connectivity index (χ4n) is 0.204. The number of halogens is 1. The zero-order chi connectivity index (χ0) is 6.83. The number of hydrogen-bond donors (Lipinski definition) is 2. The molecule has 0 aliphatic carbocycles. The summed E-state index contributed by atoms with van der Waals surface area (Å²) in [6, 6.07) is 0. The van der Waals surface area contributed by atoms with Crippen LogP contribution in [0.1, 0.15) is 13.8 Å². The third-order valence-corrected chi connectivity index (χ3v) is 0.391. The topological polar surface area (TPSA) is 41.5 Å². The van der Waals surface area contributed by atoms with E-state index in [0.29, 0.717) is 0 Å². The SMILES string of the molecule is CCNOCC.OCl. The summed E-state index contributed by atoms with van der Waals surface area (Å²) in [4.78, 5) is 4.73. The summed E-state index contributed by atoms with van der Waals surface area (Å²) in [5, 5.41) is 0. The van der Waals surface area contributed by atoms with Gasteiger partial charge in [0.05, 0.1) is 18.5 Å². The minimum Gasteiger partial charge on any atom is -0.302 e. The molecule has 0 fully saturated rings. The molecule has 0 aromatic carbocycles. The Labute approximate surface area is 54.7 Å². The normalized spacial score (nSPS) is 7.50. The molecule has 0 aliphatic heterocycles. The van der Waals surface area contributed by atoms with Gasteiger partial charge in [-0.1, -0.05) is 6.92 Å². The lowest BCUT2D eigenvalue weighted by Crippen LogP contribution is -2.12. The van der Waals surface area contributed by atoms with Crippen molar-refractivity contribution in [3.05, 3.63) is 0 Å². The van der Waals surface area contributed by atoms with Gasteiger partial charge in [-0.3, -0.25) is 4.66 Å². The summed E-state index contributed by atoms with van der Waals surface area (Å²) >= 11 is 3.64. The van der Waals surface area contributed by atoms with Crippen LogP contribution in [0.2, 0.25) is 0 Å². The molecule has 0 aliphatic rings. The standard InChI is InChI=1S/C4H11NO.ClHO/c1-3-5-6-4-2;1-2/h5H,3-4H2,1-2H3;2H. The predicted octanol–water partition coefficient (Wildman–Crippen LogP) is 0.680. The monoisotopic (exact) mass is 141 g/mol. The van der Waals surface area contributed by atoms with Crippen molar-refractivity contribution in [3.63, 3.8) is 0 Å². The maximum atomic E-state index is 6.47. The molecule has 0 unspecified atom stereocenters. The van der Waals surface area contributed by atoms with Crippen molar-refractivity contribution in [1.82, 2.24) is 5.48 Å². The van der Waals surface area contributed by atoms with E-state index in [1.54, 1.807) is 0 Å². The molecular weight excluding hydrogens is 130 g/mol. The summed E-state index contributed by atoms with van der Waals surface area (Å²) in [6.45, 7) is 5.57. The molecule has 0 saturated heterocycles. The summed E-state index contributed by atoms with van der Waals surface area (Å²) in [6.07, 6.45) is 0. The molecule has 0 saturated carbocycles. The van der Waals surface area contributed by atoms with Crippen LogP contribution in [0.3, 0.4) is 0 Å². The van der Waals surface area contributed by atoms with Crippen LogP contribution < -0.4 is 5.48 Å². The van der Waals surface area contributed by atoms with Gasteiger partial charge in [-0.2, -0.15) is 0 Å². The first-order chi connectivity index (χ1) is 3.91. The highest BCUT2D eigenvalue weighted by Crippen LogP contribution is 1.58. The van der Waals surface area contributed by atoms with Crippen LogP contribution in [0.5, 0.6) is 0 Å². The first-order valence-electron chi connectivity index (χ1n) is 2.43. The second-order valence-corrected chi connectivity index (χ2v) is 0.931. The molecule has 0 aromatic rings. The van der Waals surface area contributed by atoms with Crippen molar-refractivity contribution in [2.24, 2.45) is 0 Å². The van der Waals surface area contributed by atoms with Crippen molar-refractivity contribution in [1.29, 1.82) is 0 Å². The minimum absolute atomic E-state index is 0.744. The van der Waals surface area contributed by atoms with Gasteiger partial charge in [0.2, 0.25) is 0 Å². The van der Waals surface area contributed by atoms with E-state index in [1.807, 2.05) is 13.8 Å². The number of hydrogen-bond acceptors (Lipinski definition) is 3. The average Bonchev–Trinajstić information content (AvgIpc) is 1.88. The van der Waals surface area contributed by atoms with Crippen LogP contribution in [-0.4, -0.2) is 17.8 Å². The molecule has 4 heteroatoms. The molecule has 3 nitrogen and oxygen atoms in total. The van der Waals surface area contributed by atoms with Gasteiger partial charge >= 0.3 is 0 Å². The van der Waals surface area contributed by atoms with Gasteiger partial charge in [-0.05, 0) is 6.92 Å². The molecule has 2 N–H and O–H groups in total. The third kappa shape index (κ3) is 16.4. The zero-order valence-corrected chi connectivity index (χ0v) is 5.90. The van der Waals surface area contributed by atoms with E-state index in [-0.39, 0.29) is 0 Å². The summed E-state index contributed by atoms with van der Waals surface area (Å²) < 4.78 is 6.47. The average molecular weight is 142 g/mol. The highest BCUT2D eigenvalue weighted by molar-refractivity contribution is 6.04. The molecular formula is C4H12ClNO2. The molecule has 0 aromatic heterocycles. The minimum atomic E-state index is 0.744. The smallest absolute Gasteiger partial charge is 0.0653 e. The fraction of sp³-hybridized carbons (Fsp3) is 1.00. The highest BCUT2D eigenvalue weighted by Gasteiger charge is 1.69. The highest BCUT2D eigenvalue weighted by atomic mass is 35.5. The first-order valence-corrected chi connectivity index (χ1v) is 2.77. The van der Waals surface area contributed by atoms with Gasteiger partial charge < -0.3 is 4.84 Å². The van der Waals surface area contributed by atoms with E-state index in [9.17, 15) is 0 Å². The number of hydroxylamine groups is 1. The Bertz CT molecular complexity index is 26.0. The molecule has 0 rings (SSSR count). The molecule has 0 spiro atoms. The Kier molecular flexibility index (Phi) is 21.6. The van der Waals surface area contributed by atoms with Crippen LogP contribution in [0.25, 0.3) is 0 Å². The molecule has 52 valence electrons. The third-order valence-electron chi connectivity index (χ3n) is 0.391. The second kappa shape index (κ2) is 15.7. The molecule has 0 amide bonds. The molecule has 0 heterocycles. The van der Waals surface area contributed by atoms with Crippen molar-refractivity contribution in [2.75, 3.05) is 13.2 Å². The van der Waals surface area contributed by atoms with Gasteiger partial charge in [0.15, 0.2) is 0 Å². The van der Waals surface area contributed by atoms with Gasteiger partial charge in [0, 0.05) is 6.54 Å². The van der Waals surface area contributed by atoms with Crippen molar-refractivity contribution >= 4 is 11.9 Å². The fourth-order valence-corrected chi connectivity index (χ4v) is 0.204. The summed E-state index contributed by atoms with van der Waals surface area (Å²) in [5.74, 6) is 0. The lowest BCUT2D eigenvalue weighted by atomic mass is 10.8. The quantitative estimate of drug-likeness (QED) is 0.449. The van der Waals surface area contributed by atoms with Crippen molar-refractivity contribution in [3.8, 4) is 0 Å². The van der Waals surface area contributed by atoms with Crippen molar-refractivity contribution < 1.29 is 9.50 Å². The van der Waals surface area contributed by atoms with Crippen LogP contribution in [0, 0.1) is 0 Å². The predicted molar refractivity (Wildman–Crippen MR) is 33.4 cm³/mol. The Morgan fingerprint density at radius 1 is 1.50 bits per heavy atom. The van der Waals surface area contributed by atoms with E-state index in [1.165, 1.54) is 0 Å². The number of rotatable bonds is 3. The van der Waals surface area contributed by atoms with E-state index in [4.69, 9.17) is 9.50 Å². The van der Waals surface area contributed by atoms with E-state index in [0.717, 1.165) is 13.2 Å². The molecule has 8 heavy (non-hydrogen) atoms. The Hall–Kier alpha value is 0.170. The first kappa shape index (κ1) is 11.0. The van der Waals surface area contributed by atoms with Gasteiger partial charge in [0.1, 0.15) is 0 Å². The van der Waals surface area contributed by atoms with Crippen molar-refractivity contribution in [2.45, 2.75) is 13.8 Å². The molecule has 0 radical (unpaired) electrons. The van der Waals surface area contributed by atoms with Crippen LogP contribution in [0.15, 0.2) is 0 Å². The van der Waals surface area contributed by atoms with E-state index in [2.05, 4.69) is 17.3 Å². The Balaban J connectivity index is 0. The van der Waals surface area contributed by atoms with E-state index >= 15 is 0 Å². The lowest BCUT2D eigenvalue weighted by molar-refractivity contribution is 0.0547. The van der Waals surface area contributed by atoms with Crippen LogP contribution >= 0.6 is 11.9 Å². The summed E-state index contributed by atoms with van der Waals surface area (Å²) in [5.41, 5.74) is 2.70. The van der Waals surface area contributed by atoms with Gasteiger partial charge in [-0.15, -0.1) is 0 Å². The van der Waals surface area contributed by atoms with Crippen LogP contribution in [-0.2, 0) is 4.84 Å². The van der Waals surface area contributed by atoms with Gasteiger partial charge in [-0.25, -0.2) is 5.48 Å².